The van der Waals surface area contributed by atoms with Gasteiger partial charge in [-0.1, -0.05) is 26.7 Å². The van der Waals surface area contributed by atoms with Crippen molar-refractivity contribution in [3.05, 3.63) is 0 Å². The molecule has 0 aromatic heterocycles. The molecule has 1 aliphatic rings. The van der Waals surface area contributed by atoms with Crippen molar-refractivity contribution in [2.45, 2.75) is 52.6 Å². The quantitative estimate of drug-likeness (QED) is 0.744. The lowest BCUT2D eigenvalue weighted by Crippen LogP contribution is -2.45. The summed E-state index contributed by atoms with van der Waals surface area (Å²) < 4.78 is 5.63. The van der Waals surface area contributed by atoms with Crippen LogP contribution in [0.4, 0.5) is 0 Å². The van der Waals surface area contributed by atoms with Crippen LogP contribution in [0.5, 0.6) is 0 Å². The van der Waals surface area contributed by atoms with Crippen LogP contribution in [0.2, 0.25) is 0 Å². The molecule has 1 fully saturated rings. The van der Waals surface area contributed by atoms with Gasteiger partial charge >= 0.3 is 0 Å². The summed E-state index contributed by atoms with van der Waals surface area (Å²) in [5, 5.41) is 0. The zero-order chi connectivity index (χ0) is 12.7. The van der Waals surface area contributed by atoms with Crippen LogP contribution in [0, 0.1) is 5.41 Å². The Kier molecular flexibility index (Phi) is 6.45. The first kappa shape index (κ1) is 14.9. The summed E-state index contributed by atoms with van der Waals surface area (Å²) in [5.41, 5.74) is 6.34. The third kappa shape index (κ3) is 4.23. The zero-order valence-corrected chi connectivity index (χ0v) is 11.9. The molecule has 102 valence electrons. The van der Waals surface area contributed by atoms with E-state index < -0.39 is 0 Å². The molecule has 0 radical (unpaired) electrons. The summed E-state index contributed by atoms with van der Waals surface area (Å²) in [6.07, 6.45) is 5.54. The van der Waals surface area contributed by atoms with Crippen molar-refractivity contribution in [1.82, 2.24) is 4.90 Å². The predicted molar refractivity (Wildman–Crippen MR) is 73.2 cm³/mol. The van der Waals surface area contributed by atoms with Gasteiger partial charge in [-0.3, -0.25) is 0 Å². The minimum absolute atomic E-state index is 0.218. The maximum absolute atomic E-state index is 5.73. The second-order valence-electron chi connectivity index (χ2n) is 5.32. The van der Waals surface area contributed by atoms with Crippen LogP contribution >= 0.6 is 0 Å². The summed E-state index contributed by atoms with van der Waals surface area (Å²) in [7, 11) is 0. The van der Waals surface area contributed by atoms with Gasteiger partial charge in [0.2, 0.25) is 0 Å². The third-order valence-electron chi connectivity index (χ3n) is 4.54. The molecule has 1 atom stereocenters. The maximum Gasteiger partial charge on any atom is 0.0823 e. The number of hydrogen-bond acceptors (Lipinski definition) is 3. The topological polar surface area (TPSA) is 38.5 Å². The highest BCUT2D eigenvalue weighted by Gasteiger charge is 2.31. The fraction of sp³-hybridized carbons (Fsp3) is 1.00. The molecule has 3 nitrogen and oxygen atoms in total. The average Bonchev–Trinajstić information content (AvgIpc) is 2.39. The molecule has 1 rings (SSSR count). The lowest BCUT2D eigenvalue weighted by atomic mass is 9.74. The van der Waals surface area contributed by atoms with Crippen LogP contribution in [0.3, 0.4) is 0 Å². The molecule has 1 aliphatic heterocycles. The molecule has 0 aliphatic carbocycles. The fourth-order valence-corrected chi connectivity index (χ4v) is 2.89. The van der Waals surface area contributed by atoms with Gasteiger partial charge in [0.25, 0.3) is 0 Å². The highest BCUT2D eigenvalue weighted by Crippen LogP contribution is 2.37. The molecule has 1 unspecified atom stereocenters. The number of piperidine rings is 1. The van der Waals surface area contributed by atoms with E-state index in [-0.39, 0.29) is 6.10 Å². The van der Waals surface area contributed by atoms with Crippen LogP contribution < -0.4 is 5.73 Å². The lowest BCUT2D eigenvalue weighted by molar-refractivity contribution is 0.0160. The van der Waals surface area contributed by atoms with Gasteiger partial charge in [0, 0.05) is 19.7 Å². The number of ether oxygens (including phenoxy) is 1. The van der Waals surface area contributed by atoms with Gasteiger partial charge < -0.3 is 15.4 Å². The van der Waals surface area contributed by atoms with Gasteiger partial charge in [0.05, 0.1) is 6.10 Å². The summed E-state index contributed by atoms with van der Waals surface area (Å²) in [4.78, 5) is 2.52. The van der Waals surface area contributed by atoms with E-state index in [0.717, 1.165) is 13.2 Å². The first-order valence-corrected chi connectivity index (χ1v) is 7.23. The second kappa shape index (κ2) is 7.34. The van der Waals surface area contributed by atoms with E-state index in [2.05, 4.69) is 18.7 Å². The monoisotopic (exact) mass is 242 g/mol. The maximum atomic E-state index is 5.73. The van der Waals surface area contributed by atoms with Gasteiger partial charge in [-0.05, 0) is 38.3 Å². The number of hydrogen-bond donors (Lipinski definition) is 1. The van der Waals surface area contributed by atoms with E-state index in [1.807, 2.05) is 6.92 Å². The molecule has 0 aromatic rings. The number of likely N-dealkylation sites (tertiary alicyclic amines) is 1. The van der Waals surface area contributed by atoms with Crippen molar-refractivity contribution in [3.63, 3.8) is 0 Å². The highest BCUT2D eigenvalue weighted by atomic mass is 16.5. The van der Waals surface area contributed by atoms with E-state index in [4.69, 9.17) is 10.5 Å². The molecule has 0 amide bonds. The highest BCUT2D eigenvalue weighted by molar-refractivity contribution is 4.84. The summed E-state index contributed by atoms with van der Waals surface area (Å²) in [6, 6.07) is 0. The first-order chi connectivity index (χ1) is 8.19. The number of nitrogens with two attached hydrogens (primary N) is 1. The molecule has 17 heavy (non-hydrogen) atoms. The Morgan fingerprint density at radius 1 is 1.18 bits per heavy atom. The van der Waals surface area contributed by atoms with Crippen LogP contribution in [-0.2, 0) is 4.74 Å². The molecule has 0 spiro atoms. The molecule has 0 bridgehead atoms. The molecular weight excluding hydrogens is 212 g/mol. The molecule has 1 saturated heterocycles. The standard InChI is InChI=1S/C14H30N2O/c1-4-14(5-2)7-9-16(10-8-14)12-13(11-15)17-6-3/h13H,4-12,15H2,1-3H3. The zero-order valence-electron chi connectivity index (χ0n) is 11.9. The minimum atomic E-state index is 0.218. The van der Waals surface area contributed by atoms with Gasteiger partial charge in [0.15, 0.2) is 0 Å². The van der Waals surface area contributed by atoms with Crippen molar-refractivity contribution in [1.29, 1.82) is 0 Å². The van der Waals surface area contributed by atoms with Crippen molar-refractivity contribution in [3.8, 4) is 0 Å². The van der Waals surface area contributed by atoms with E-state index in [1.54, 1.807) is 0 Å². The van der Waals surface area contributed by atoms with Crippen LogP contribution in [0.25, 0.3) is 0 Å². The summed E-state index contributed by atoms with van der Waals surface area (Å²) in [6.45, 7) is 11.5. The summed E-state index contributed by atoms with van der Waals surface area (Å²) in [5.74, 6) is 0. The predicted octanol–water partition coefficient (Wildman–Crippen LogP) is 2.25. The largest absolute Gasteiger partial charge is 0.376 e. The molecule has 2 N–H and O–H groups in total. The second-order valence-corrected chi connectivity index (χ2v) is 5.32. The minimum Gasteiger partial charge on any atom is -0.376 e. The normalized spacial score (nSPS) is 22.6. The Hall–Kier alpha value is -0.120. The van der Waals surface area contributed by atoms with Crippen molar-refractivity contribution >= 4 is 0 Å². The number of rotatable bonds is 7. The SMILES string of the molecule is CCOC(CN)CN1CCC(CC)(CC)CC1. The van der Waals surface area contributed by atoms with Gasteiger partial charge in [-0.25, -0.2) is 0 Å². The van der Waals surface area contributed by atoms with E-state index >= 15 is 0 Å². The molecule has 0 aromatic carbocycles. The van der Waals surface area contributed by atoms with Crippen LogP contribution in [0.1, 0.15) is 46.5 Å². The van der Waals surface area contributed by atoms with E-state index in [1.165, 1.54) is 38.8 Å². The first-order valence-electron chi connectivity index (χ1n) is 7.23. The van der Waals surface area contributed by atoms with Crippen molar-refractivity contribution in [2.24, 2.45) is 11.1 Å². The third-order valence-corrected chi connectivity index (χ3v) is 4.54. The summed E-state index contributed by atoms with van der Waals surface area (Å²) >= 11 is 0. The fourth-order valence-electron chi connectivity index (χ4n) is 2.89. The molecule has 1 heterocycles. The lowest BCUT2D eigenvalue weighted by Gasteiger charge is -2.41. The molecule has 0 saturated carbocycles. The van der Waals surface area contributed by atoms with Gasteiger partial charge in [0.1, 0.15) is 0 Å². The Morgan fingerprint density at radius 2 is 1.76 bits per heavy atom. The van der Waals surface area contributed by atoms with Crippen molar-refractivity contribution < 1.29 is 4.74 Å². The smallest absolute Gasteiger partial charge is 0.0823 e. The van der Waals surface area contributed by atoms with E-state index in [9.17, 15) is 0 Å². The van der Waals surface area contributed by atoms with Crippen LogP contribution in [0.15, 0.2) is 0 Å². The van der Waals surface area contributed by atoms with Gasteiger partial charge in [-0.2, -0.15) is 0 Å². The number of nitrogens with zero attached hydrogens (tertiary/aromatic N) is 1. The van der Waals surface area contributed by atoms with Crippen LogP contribution in [-0.4, -0.2) is 43.8 Å². The Balaban J connectivity index is 2.35. The van der Waals surface area contributed by atoms with Crippen molar-refractivity contribution in [2.75, 3.05) is 32.8 Å². The Bertz CT molecular complexity index is 194. The van der Waals surface area contributed by atoms with E-state index in [0.29, 0.717) is 12.0 Å². The molecular formula is C14H30N2O. The van der Waals surface area contributed by atoms with Gasteiger partial charge in [-0.15, -0.1) is 0 Å². The Morgan fingerprint density at radius 3 is 2.18 bits per heavy atom. The molecule has 3 heteroatoms. The average molecular weight is 242 g/mol. The Labute approximate surface area is 107 Å².